The van der Waals surface area contributed by atoms with Crippen LogP contribution in [-0.2, 0) is 9.59 Å². The molecule has 4 rings (SSSR count). The maximum atomic E-state index is 13.7. The number of carbonyl (C=O) groups excluding carboxylic acids is 2. The molecule has 1 amide bonds. The first-order chi connectivity index (χ1) is 14.4. The minimum absolute atomic E-state index is 0.0269. The number of aryl methyl sites for hydroxylation is 2. The molecular weight excluding hydrogens is 381 g/mol. The highest BCUT2D eigenvalue weighted by molar-refractivity contribution is 6.46. The van der Waals surface area contributed by atoms with Crippen LogP contribution in [0.3, 0.4) is 0 Å². The van der Waals surface area contributed by atoms with E-state index in [9.17, 15) is 19.1 Å². The van der Waals surface area contributed by atoms with Crippen molar-refractivity contribution in [3.8, 4) is 0 Å². The normalized spacial score (nSPS) is 22.0. The standard InChI is InChI=1S/C25H26FNO3/c1-15-7-6-8-17(13-15)22-21(23(28)18-11-12-20(26)16(2)14-18)24(29)25(30)27(22)19-9-4-3-5-10-19/h6-8,11-14,19,22,28H,3-5,9-10H2,1-2H3/b23-21-. The fourth-order valence-electron chi connectivity index (χ4n) is 4.70. The highest BCUT2D eigenvalue weighted by atomic mass is 19.1. The predicted octanol–water partition coefficient (Wildman–Crippen LogP) is 5.20. The van der Waals surface area contributed by atoms with Gasteiger partial charge in [0.15, 0.2) is 0 Å². The van der Waals surface area contributed by atoms with Crippen molar-refractivity contribution in [2.75, 3.05) is 0 Å². The molecule has 0 bridgehead atoms. The maximum absolute atomic E-state index is 13.7. The molecule has 0 aromatic heterocycles. The molecule has 1 N–H and O–H groups in total. The van der Waals surface area contributed by atoms with Crippen molar-refractivity contribution in [2.45, 2.75) is 58.0 Å². The number of amides is 1. The van der Waals surface area contributed by atoms with Crippen molar-refractivity contribution in [2.24, 2.45) is 0 Å². The lowest BCUT2D eigenvalue weighted by Crippen LogP contribution is -2.40. The van der Waals surface area contributed by atoms with E-state index < -0.39 is 17.7 Å². The van der Waals surface area contributed by atoms with E-state index in [0.29, 0.717) is 11.1 Å². The number of benzene rings is 2. The summed E-state index contributed by atoms with van der Waals surface area (Å²) < 4.78 is 13.7. The Kier molecular flexibility index (Phi) is 5.46. The Labute approximate surface area is 176 Å². The minimum atomic E-state index is -0.674. The number of aliphatic hydroxyl groups is 1. The molecule has 156 valence electrons. The molecule has 2 aliphatic rings. The van der Waals surface area contributed by atoms with Gasteiger partial charge in [-0.05, 0) is 56.0 Å². The van der Waals surface area contributed by atoms with Gasteiger partial charge in [0.1, 0.15) is 11.6 Å². The van der Waals surface area contributed by atoms with Crippen LogP contribution in [0.25, 0.3) is 5.76 Å². The van der Waals surface area contributed by atoms with Gasteiger partial charge in [0.05, 0.1) is 11.6 Å². The fourth-order valence-corrected chi connectivity index (χ4v) is 4.70. The molecule has 1 aliphatic heterocycles. The quantitative estimate of drug-likeness (QED) is 0.432. The Morgan fingerprint density at radius 1 is 1.03 bits per heavy atom. The van der Waals surface area contributed by atoms with Crippen LogP contribution in [0.2, 0.25) is 0 Å². The largest absolute Gasteiger partial charge is 0.507 e. The molecule has 2 fully saturated rings. The fraction of sp³-hybridized carbons (Fsp3) is 0.360. The number of carbonyl (C=O) groups is 2. The second-order valence-electron chi connectivity index (χ2n) is 8.38. The van der Waals surface area contributed by atoms with Gasteiger partial charge in [0.2, 0.25) is 0 Å². The highest BCUT2D eigenvalue weighted by Crippen LogP contribution is 2.43. The number of aliphatic hydroxyl groups excluding tert-OH is 1. The van der Waals surface area contributed by atoms with Crippen molar-refractivity contribution in [1.29, 1.82) is 0 Å². The zero-order valence-electron chi connectivity index (χ0n) is 17.3. The van der Waals surface area contributed by atoms with Crippen molar-refractivity contribution in [3.63, 3.8) is 0 Å². The monoisotopic (exact) mass is 407 g/mol. The number of rotatable bonds is 3. The SMILES string of the molecule is Cc1cccc(C2/C(=C(/O)c3ccc(F)c(C)c3)C(=O)C(=O)N2C2CCCCC2)c1. The summed E-state index contributed by atoms with van der Waals surface area (Å²) in [5.74, 6) is -1.87. The van der Waals surface area contributed by atoms with E-state index in [0.717, 1.165) is 43.2 Å². The maximum Gasteiger partial charge on any atom is 0.295 e. The molecule has 1 saturated carbocycles. The van der Waals surface area contributed by atoms with Gasteiger partial charge >= 0.3 is 0 Å². The number of ketones is 1. The van der Waals surface area contributed by atoms with Crippen LogP contribution < -0.4 is 0 Å². The molecule has 30 heavy (non-hydrogen) atoms. The number of nitrogens with zero attached hydrogens (tertiary/aromatic N) is 1. The van der Waals surface area contributed by atoms with E-state index in [1.165, 1.54) is 18.2 Å². The van der Waals surface area contributed by atoms with Gasteiger partial charge in [-0.15, -0.1) is 0 Å². The Morgan fingerprint density at radius 3 is 2.43 bits per heavy atom. The van der Waals surface area contributed by atoms with E-state index in [4.69, 9.17) is 0 Å². The van der Waals surface area contributed by atoms with Gasteiger partial charge in [0, 0.05) is 11.6 Å². The number of hydrogen-bond acceptors (Lipinski definition) is 3. The van der Waals surface area contributed by atoms with Crippen LogP contribution in [0.1, 0.15) is 60.4 Å². The van der Waals surface area contributed by atoms with Crippen LogP contribution in [0.5, 0.6) is 0 Å². The molecule has 0 radical (unpaired) electrons. The van der Waals surface area contributed by atoms with Crippen LogP contribution in [0, 0.1) is 19.7 Å². The van der Waals surface area contributed by atoms with Gasteiger partial charge in [-0.3, -0.25) is 9.59 Å². The van der Waals surface area contributed by atoms with Crippen molar-refractivity contribution in [3.05, 3.63) is 76.1 Å². The molecule has 2 aromatic carbocycles. The average Bonchev–Trinajstić information content (AvgIpc) is 3.01. The molecule has 1 heterocycles. The lowest BCUT2D eigenvalue weighted by atomic mass is 9.90. The summed E-state index contributed by atoms with van der Waals surface area (Å²) in [7, 11) is 0. The second kappa shape index (κ2) is 8.05. The van der Waals surface area contributed by atoms with Crippen LogP contribution in [0.4, 0.5) is 4.39 Å². The van der Waals surface area contributed by atoms with Crippen LogP contribution in [-0.4, -0.2) is 27.7 Å². The Bertz CT molecular complexity index is 1040. The van der Waals surface area contributed by atoms with Gasteiger partial charge in [-0.2, -0.15) is 0 Å². The number of Topliss-reactive ketones (excluding diaryl/α,β-unsaturated/α-hetero) is 1. The van der Waals surface area contributed by atoms with Crippen LogP contribution in [0.15, 0.2) is 48.0 Å². The molecule has 0 spiro atoms. The Hall–Kier alpha value is -2.95. The average molecular weight is 407 g/mol. The summed E-state index contributed by atoms with van der Waals surface area (Å²) in [5.41, 5.74) is 2.61. The molecular formula is C25H26FNO3. The summed E-state index contributed by atoms with van der Waals surface area (Å²) in [5, 5.41) is 11.1. The molecule has 5 heteroatoms. The van der Waals surface area contributed by atoms with Gasteiger partial charge in [-0.25, -0.2) is 4.39 Å². The summed E-state index contributed by atoms with van der Waals surface area (Å²) in [6, 6.07) is 11.2. The summed E-state index contributed by atoms with van der Waals surface area (Å²) >= 11 is 0. The van der Waals surface area contributed by atoms with Crippen molar-refractivity contribution >= 4 is 17.4 Å². The first-order valence-electron chi connectivity index (χ1n) is 10.5. The van der Waals surface area contributed by atoms with E-state index in [1.54, 1.807) is 11.8 Å². The number of likely N-dealkylation sites (tertiary alicyclic amines) is 1. The lowest BCUT2D eigenvalue weighted by Gasteiger charge is -2.35. The lowest BCUT2D eigenvalue weighted by molar-refractivity contribution is -0.141. The van der Waals surface area contributed by atoms with Gasteiger partial charge in [-0.1, -0.05) is 49.1 Å². The van der Waals surface area contributed by atoms with Crippen molar-refractivity contribution < 1.29 is 19.1 Å². The van der Waals surface area contributed by atoms with E-state index >= 15 is 0 Å². The third-order valence-corrected chi connectivity index (χ3v) is 6.24. The zero-order valence-corrected chi connectivity index (χ0v) is 17.3. The van der Waals surface area contributed by atoms with E-state index in [-0.39, 0.29) is 23.2 Å². The van der Waals surface area contributed by atoms with E-state index in [1.807, 2.05) is 31.2 Å². The molecule has 1 unspecified atom stereocenters. The number of hydrogen-bond donors (Lipinski definition) is 1. The molecule has 1 saturated heterocycles. The molecule has 4 nitrogen and oxygen atoms in total. The molecule has 2 aromatic rings. The van der Waals surface area contributed by atoms with Gasteiger partial charge < -0.3 is 10.0 Å². The van der Waals surface area contributed by atoms with E-state index in [2.05, 4.69) is 0 Å². The predicted molar refractivity (Wildman–Crippen MR) is 113 cm³/mol. The number of halogens is 1. The minimum Gasteiger partial charge on any atom is -0.507 e. The smallest absolute Gasteiger partial charge is 0.295 e. The molecule has 1 aliphatic carbocycles. The third kappa shape index (κ3) is 3.53. The third-order valence-electron chi connectivity index (χ3n) is 6.24. The molecule has 1 atom stereocenters. The highest BCUT2D eigenvalue weighted by Gasteiger charge is 2.48. The summed E-state index contributed by atoms with van der Waals surface area (Å²) in [6.07, 6.45) is 4.87. The Morgan fingerprint density at radius 2 is 1.77 bits per heavy atom. The topological polar surface area (TPSA) is 57.6 Å². The summed E-state index contributed by atoms with van der Waals surface area (Å²) in [6.45, 7) is 3.56. The second-order valence-corrected chi connectivity index (χ2v) is 8.38. The first kappa shape index (κ1) is 20.3. The first-order valence-corrected chi connectivity index (χ1v) is 10.5. The Balaban J connectivity index is 1.89. The van der Waals surface area contributed by atoms with Gasteiger partial charge in [0.25, 0.3) is 11.7 Å². The zero-order chi connectivity index (χ0) is 21.4. The van der Waals surface area contributed by atoms with Crippen molar-refractivity contribution in [1.82, 2.24) is 4.90 Å². The van der Waals surface area contributed by atoms with Crippen LogP contribution >= 0.6 is 0 Å². The summed E-state index contributed by atoms with van der Waals surface area (Å²) in [4.78, 5) is 27.9.